The molecule has 0 aliphatic carbocycles. The number of phenolic OH excluding ortho intramolecular Hbond substituents is 5. The van der Waals surface area contributed by atoms with Crippen LogP contribution in [-0.2, 0) is 6.42 Å². The highest BCUT2D eigenvalue weighted by Gasteiger charge is 2.45. The van der Waals surface area contributed by atoms with Crippen LogP contribution in [-0.4, -0.2) is 31.3 Å². The first-order valence-electron chi connectivity index (χ1n) is 13.6. The lowest BCUT2D eigenvalue weighted by molar-refractivity contribution is 0.0842. The van der Waals surface area contributed by atoms with E-state index in [1.165, 1.54) is 42.5 Å². The van der Waals surface area contributed by atoms with Crippen LogP contribution in [0.15, 0.2) is 78.4 Å². The molecule has 0 saturated carbocycles. The minimum Gasteiger partial charge on any atom is -0.508 e. The summed E-state index contributed by atoms with van der Waals surface area (Å²) in [7, 11) is 0. The van der Waals surface area contributed by atoms with Gasteiger partial charge in [-0.2, -0.15) is 0 Å². The monoisotopic (exact) mass is 566 g/mol. The van der Waals surface area contributed by atoms with Gasteiger partial charge in [0.05, 0.1) is 12.3 Å². The zero-order valence-corrected chi connectivity index (χ0v) is 23.0. The normalized spacial score (nSPS) is 18.9. The van der Waals surface area contributed by atoms with Crippen molar-refractivity contribution in [1.29, 1.82) is 0 Å². The maximum atomic E-state index is 13.7. The van der Waals surface area contributed by atoms with E-state index in [0.29, 0.717) is 40.0 Å². The zero-order chi connectivity index (χ0) is 29.7. The van der Waals surface area contributed by atoms with Crippen molar-refractivity contribution in [3.63, 3.8) is 0 Å². The largest absolute Gasteiger partial charge is 0.508 e. The first-order valence-corrected chi connectivity index (χ1v) is 13.6. The van der Waals surface area contributed by atoms with Gasteiger partial charge in [0.25, 0.3) is 0 Å². The third-order valence-electron chi connectivity index (χ3n) is 7.77. The van der Waals surface area contributed by atoms with Gasteiger partial charge in [0.2, 0.25) is 0 Å². The van der Waals surface area contributed by atoms with E-state index >= 15 is 0 Å². The molecular formula is C34H30O8. The highest BCUT2D eigenvalue weighted by atomic mass is 16.5. The van der Waals surface area contributed by atoms with Gasteiger partial charge in [-0.3, -0.25) is 4.79 Å². The molecule has 0 aromatic heterocycles. The van der Waals surface area contributed by atoms with E-state index in [1.54, 1.807) is 24.3 Å². The van der Waals surface area contributed by atoms with Crippen LogP contribution in [0.3, 0.4) is 0 Å². The summed E-state index contributed by atoms with van der Waals surface area (Å²) in [6.07, 6.45) is 0.943. The van der Waals surface area contributed by atoms with Crippen molar-refractivity contribution in [3.8, 4) is 40.2 Å². The molecule has 0 amide bonds. The Bertz CT molecular complexity index is 1700. The van der Waals surface area contributed by atoms with Gasteiger partial charge in [-0.1, -0.05) is 35.9 Å². The lowest BCUT2D eigenvalue weighted by atomic mass is 9.81. The molecule has 42 heavy (non-hydrogen) atoms. The average molecular weight is 567 g/mol. The van der Waals surface area contributed by atoms with Gasteiger partial charge >= 0.3 is 0 Å². The minimum absolute atomic E-state index is 0.0218. The topological polar surface area (TPSA) is 137 Å². The Morgan fingerprint density at radius 2 is 1.36 bits per heavy atom. The van der Waals surface area contributed by atoms with Crippen molar-refractivity contribution < 1.29 is 39.8 Å². The lowest BCUT2D eigenvalue weighted by Crippen LogP contribution is -2.22. The van der Waals surface area contributed by atoms with Crippen molar-refractivity contribution in [2.24, 2.45) is 0 Å². The number of aromatic hydroxyl groups is 5. The van der Waals surface area contributed by atoms with Crippen molar-refractivity contribution >= 4 is 5.78 Å². The first-order chi connectivity index (χ1) is 20.1. The van der Waals surface area contributed by atoms with E-state index < -0.39 is 18.1 Å². The van der Waals surface area contributed by atoms with Crippen LogP contribution in [0.4, 0.5) is 0 Å². The van der Waals surface area contributed by atoms with Crippen LogP contribution in [0.25, 0.3) is 0 Å². The summed E-state index contributed by atoms with van der Waals surface area (Å²) in [5, 5.41) is 52.2. The van der Waals surface area contributed by atoms with Crippen molar-refractivity contribution in [2.75, 3.05) is 0 Å². The molecule has 3 atom stereocenters. The number of benzene rings is 4. The molecule has 2 aliphatic rings. The second-order valence-electron chi connectivity index (χ2n) is 11.0. The van der Waals surface area contributed by atoms with E-state index in [1.807, 2.05) is 19.9 Å². The molecule has 2 heterocycles. The average Bonchev–Trinajstić information content (AvgIpc) is 3.34. The molecule has 0 unspecified atom stereocenters. The predicted octanol–water partition coefficient (Wildman–Crippen LogP) is 6.70. The van der Waals surface area contributed by atoms with Gasteiger partial charge in [-0.15, -0.1) is 0 Å². The number of fused-ring (bicyclic) bond motifs is 2. The van der Waals surface area contributed by atoms with Crippen LogP contribution in [0.2, 0.25) is 0 Å². The molecule has 8 heteroatoms. The van der Waals surface area contributed by atoms with Crippen LogP contribution in [0.1, 0.15) is 76.6 Å². The minimum atomic E-state index is -0.731. The SMILES string of the molecule is CC(C)=CCc1c2c(c(O)c3c1O[C@@H](c1ccc(O)cc1)[C@H]3c1cc(O)cc(O)c1)C(=O)C[C@@H](c1ccc(O)cc1)O2. The molecule has 0 bridgehead atoms. The fourth-order valence-electron chi connectivity index (χ4n) is 5.81. The lowest BCUT2D eigenvalue weighted by Gasteiger charge is -2.29. The second kappa shape index (κ2) is 10.4. The van der Waals surface area contributed by atoms with Gasteiger partial charge in [0.1, 0.15) is 58.0 Å². The van der Waals surface area contributed by atoms with Gasteiger partial charge in [0, 0.05) is 17.2 Å². The number of ether oxygens (including phenoxy) is 2. The van der Waals surface area contributed by atoms with Crippen LogP contribution >= 0.6 is 0 Å². The summed E-state index contributed by atoms with van der Waals surface area (Å²) in [6.45, 7) is 3.91. The Labute approximate surface area is 242 Å². The smallest absolute Gasteiger partial charge is 0.174 e. The number of Topliss-reactive ketones (excluding diaryl/α,β-unsaturated/α-hetero) is 1. The molecule has 0 saturated heterocycles. The number of phenols is 5. The van der Waals surface area contributed by atoms with E-state index in [4.69, 9.17) is 9.47 Å². The molecule has 214 valence electrons. The number of ketones is 1. The summed E-state index contributed by atoms with van der Waals surface area (Å²) < 4.78 is 13.1. The summed E-state index contributed by atoms with van der Waals surface area (Å²) >= 11 is 0. The van der Waals surface area contributed by atoms with E-state index in [-0.39, 0.29) is 52.3 Å². The van der Waals surface area contributed by atoms with Crippen LogP contribution < -0.4 is 9.47 Å². The quantitative estimate of drug-likeness (QED) is 0.168. The molecule has 5 N–H and O–H groups in total. The molecule has 0 radical (unpaired) electrons. The Balaban J connectivity index is 1.59. The van der Waals surface area contributed by atoms with Crippen molar-refractivity contribution in [1.82, 2.24) is 0 Å². The Hall–Kier alpha value is -5.11. The Kier molecular flexibility index (Phi) is 6.69. The van der Waals surface area contributed by atoms with Gasteiger partial charge in [-0.05, 0) is 73.4 Å². The summed E-state index contributed by atoms with van der Waals surface area (Å²) in [6, 6.07) is 17.1. The third-order valence-corrected chi connectivity index (χ3v) is 7.77. The summed E-state index contributed by atoms with van der Waals surface area (Å²) in [5.74, 6) is -0.872. The van der Waals surface area contributed by atoms with Gasteiger partial charge in [-0.25, -0.2) is 0 Å². The van der Waals surface area contributed by atoms with Crippen molar-refractivity contribution in [2.45, 2.75) is 44.8 Å². The molecule has 4 aromatic rings. The number of rotatable bonds is 5. The summed E-state index contributed by atoms with van der Waals surface area (Å²) in [5.41, 5.74) is 3.89. The van der Waals surface area contributed by atoms with Crippen molar-refractivity contribution in [3.05, 3.63) is 112 Å². The third kappa shape index (κ3) is 4.75. The predicted molar refractivity (Wildman–Crippen MR) is 155 cm³/mol. The van der Waals surface area contributed by atoms with Crippen LogP contribution in [0, 0.1) is 0 Å². The van der Waals surface area contributed by atoms with Crippen LogP contribution in [0.5, 0.6) is 40.2 Å². The number of carbonyl (C=O) groups excluding carboxylic acids is 1. The zero-order valence-electron chi connectivity index (χ0n) is 23.0. The number of allylic oxidation sites excluding steroid dienone is 2. The molecule has 6 rings (SSSR count). The number of hydrogen-bond acceptors (Lipinski definition) is 8. The molecule has 2 aliphatic heterocycles. The maximum Gasteiger partial charge on any atom is 0.174 e. The highest BCUT2D eigenvalue weighted by Crippen LogP contribution is 2.60. The molecular weight excluding hydrogens is 536 g/mol. The number of carbonyl (C=O) groups is 1. The Morgan fingerprint density at radius 3 is 1.95 bits per heavy atom. The molecule has 0 fully saturated rings. The van der Waals surface area contributed by atoms with Gasteiger partial charge in [0.15, 0.2) is 5.78 Å². The fourth-order valence-corrected chi connectivity index (χ4v) is 5.81. The highest BCUT2D eigenvalue weighted by molar-refractivity contribution is 6.04. The van der Waals surface area contributed by atoms with Gasteiger partial charge < -0.3 is 35.0 Å². The standard InChI is InChI=1S/C34H30O8/c1-17(2)3-12-25-33-29(26(39)16-27(41-33)18-4-8-21(35)9-5-18)31(40)30-28(20-13-23(37)15-24(38)14-20)32(42-34(25)30)19-6-10-22(36)11-7-19/h3-11,13-15,27-28,32,35-38,40H,12,16H2,1-2H3/t27-,28-,32-/m0/s1. The second-order valence-corrected chi connectivity index (χ2v) is 11.0. The summed E-state index contributed by atoms with van der Waals surface area (Å²) in [4.78, 5) is 13.7. The Morgan fingerprint density at radius 1 is 0.762 bits per heavy atom. The molecule has 0 spiro atoms. The maximum absolute atomic E-state index is 13.7. The molecule has 4 aromatic carbocycles. The first kappa shape index (κ1) is 27.1. The van der Waals surface area contributed by atoms with E-state index in [0.717, 1.165) is 5.57 Å². The molecule has 8 nitrogen and oxygen atoms in total. The fraction of sp³-hybridized carbons (Fsp3) is 0.206. The van der Waals surface area contributed by atoms with E-state index in [2.05, 4.69) is 0 Å². The number of hydrogen-bond donors (Lipinski definition) is 5. The van der Waals surface area contributed by atoms with E-state index in [9.17, 15) is 30.3 Å².